The second-order valence-corrected chi connectivity index (χ2v) is 7.77. The lowest BCUT2D eigenvalue weighted by Gasteiger charge is -2.31. The van der Waals surface area contributed by atoms with E-state index in [9.17, 15) is 0 Å². The highest BCUT2D eigenvalue weighted by Crippen LogP contribution is 2.34. The van der Waals surface area contributed by atoms with Crippen LogP contribution in [0.2, 0.25) is 0 Å². The summed E-state index contributed by atoms with van der Waals surface area (Å²) in [7, 11) is 2.01. The first-order valence-corrected chi connectivity index (χ1v) is 9.81. The van der Waals surface area contributed by atoms with Crippen LogP contribution in [0, 0.1) is 5.92 Å². The fourth-order valence-corrected chi connectivity index (χ4v) is 4.27. The first kappa shape index (κ1) is 17.4. The normalized spacial score (nSPS) is 21.5. The molecule has 4 rings (SSSR count). The molecule has 5 nitrogen and oxygen atoms in total. The molecule has 26 heavy (non-hydrogen) atoms. The molecule has 5 heteroatoms. The zero-order valence-electron chi connectivity index (χ0n) is 15.9. The maximum atomic E-state index is 5.52. The smallest absolute Gasteiger partial charge is 0.231 e. The summed E-state index contributed by atoms with van der Waals surface area (Å²) in [4.78, 5) is 2.66. The van der Waals surface area contributed by atoms with Crippen LogP contribution in [0.5, 0.6) is 11.5 Å². The minimum absolute atomic E-state index is 0.341. The second kappa shape index (κ2) is 7.70. The molecule has 140 valence electrons. The van der Waals surface area contributed by atoms with Gasteiger partial charge in [-0.3, -0.25) is 9.58 Å². The van der Waals surface area contributed by atoms with E-state index < -0.39 is 0 Å². The number of ether oxygens (including phenoxy) is 2. The number of benzene rings is 1. The molecular weight excluding hydrogens is 326 g/mol. The van der Waals surface area contributed by atoms with Crippen LogP contribution in [0.4, 0.5) is 0 Å². The van der Waals surface area contributed by atoms with E-state index >= 15 is 0 Å². The predicted octanol–water partition coefficient (Wildman–Crippen LogP) is 3.94. The lowest BCUT2D eigenvalue weighted by atomic mass is 9.98. The largest absolute Gasteiger partial charge is 0.454 e. The molecule has 1 aromatic carbocycles. The van der Waals surface area contributed by atoms with Crippen LogP contribution in [0.15, 0.2) is 30.5 Å². The van der Waals surface area contributed by atoms with E-state index in [0.717, 1.165) is 24.5 Å². The molecule has 0 spiro atoms. The summed E-state index contributed by atoms with van der Waals surface area (Å²) in [6.45, 7) is 4.97. The van der Waals surface area contributed by atoms with Crippen molar-refractivity contribution in [3.63, 3.8) is 0 Å². The topological polar surface area (TPSA) is 39.5 Å². The first-order valence-electron chi connectivity index (χ1n) is 9.81. The summed E-state index contributed by atoms with van der Waals surface area (Å²) >= 11 is 0. The molecule has 1 aromatic heterocycles. The molecule has 0 amide bonds. The van der Waals surface area contributed by atoms with Gasteiger partial charge >= 0.3 is 0 Å². The number of likely N-dealkylation sites (tertiary alicyclic amines) is 1. The van der Waals surface area contributed by atoms with Crippen molar-refractivity contribution >= 4 is 0 Å². The van der Waals surface area contributed by atoms with Crippen LogP contribution in [-0.2, 0) is 13.5 Å². The first-order chi connectivity index (χ1) is 12.7. The van der Waals surface area contributed by atoms with E-state index in [1.807, 2.05) is 17.8 Å². The molecule has 0 aliphatic carbocycles. The van der Waals surface area contributed by atoms with Gasteiger partial charge in [-0.2, -0.15) is 5.10 Å². The maximum absolute atomic E-state index is 5.52. The van der Waals surface area contributed by atoms with Crippen LogP contribution in [-0.4, -0.2) is 34.6 Å². The highest BCUT2D eigenvalue weighted by molar-refractivity contribution is 5.44. The van der Waals surface area contributed by atoms with E-state index in [1.165, 1.54) is 43.5 Å². The number of aryl methyl sites for hydroxylation is 1. The molecule has 0 N–H and O–H groups in total. The second-order valence-electron chi connectivity index (χ2n) is 7.77. The van der Waals surface area contributed by atoms with Crippen molar-refractivity contribution in [1.82, 2.24) is 14.7 Å². The number of rotatable bonds is 5. The molecule has 3 heterocycles. The van der Waals surface area contributed by atoms with Crippen LogP contribution >= 0.6 is 0 Å². The van der Waals surface area contributed by atoms with Crippen molar-refractivity contribution < 1.29 is 9.47 Å². The fourth-order valence-electron chi connectivity index (χ4n) is 4.27. The van der Waals surface area contributed by atoms with Gasteiger partial charge in [0.15, 0.2) is 11.5 Å². The summed E-state index contributed by atoms with van der Waals surface area (Å²) < 4.78 is 12.9. The van der Waals surface area contributed by atoms with Crippen molar-refractivity contribution in [2.75, 3.05) is 19.9 Å². The lowest BCUT2D eigenvalue weighted by molar-refractivity contribution is 0.170. The van der Waals surface area contributed by atoms with E-state index in [0.29, 0.717) is 18.8 Å². The quantitative estimate of drug-likeness (QED) is 0.814. The summed E-state index contributed by atoms with van der Waals surface area (Å²) in [5, 5.41) is 4.70. The maximum Gasteiger partial charge on any atom is 0.231 e. The summed E-state index contributed by atoms with van der Waals surface area (Å²) in [6, 6.07) is 8.98. The van der Waals surface area contributed by atoms with E-state index in [-0.39, 0.29) is 0 Å². The van der Waals surface area contributed by atoms with Gasteiger partial charge in [-0.1, -0.05) is 25.8 Å². The zero-order valence-corrected chi connectivity index (χ0v) is 15.9. The summed E-state index contributed by atoms with van der Waals surface area (Å²) in [5.74, 6) is 2.33. The number of hydrogen-bond acceptors (Lipinski definition) is 4. The molecule has 2 aliphatic rings. The molecule has 0 saturated carbocycles. The average Bonchev–Trinajstić information content (AvgIpc) is 3.19. The molecule has 2 atom stereocenters. The minimum atomic E-state index is 0.341. The van der Waals surface area contributed by atoms with Crippen LogP contribution in [0.1, 0.15) is 49.9 Å². The molecule has 2 aromatic rings. The van der Waals surface area contributed by atoms with Crippen molar-refractivity contribution in [1.29, 1.82) is 0 Å². The van der Waals surface area contributed by atoms with Gasteiger partial charge in [0.25, 0.3) is 0 Å². The van der Waals surface area contributed by atoms with Crippen molar-refractivity contribution in [2.24, 2.45) is 13.0 Å². The molecular formula is C21H29N3O2. The fraction of sp³-hybridized carbons (Fsp3) is 0.571. The van der Waals surface area contributed by atoms with Gasteiger partial charge < -0.3 is 9.47 Å². The third kappa shape index (κ3) is 3.88. The van der Waals surface area contributed by atoms with Crippen LogP contribution < -0.4 is 9.47 Å². The van der Waals surface area contributed by atoms with Gasteiger partial charge in [-0.05, 0) is 55.5 Å². The average molecular weight is 355 g/mol. The van der Waals surface area contributed by atoms with Gasteiger partial charge in [-0.25, -0.2) is 0 Å². The van der Waals surface area contributed by atoms with Crippen LogP contribution in [0.25, 0.3) is 0 Å². The molecule has 0 bridgehead atoms. The number of fused-ring (bicyclic) bond motifs is 1. The summed E-state index contributed by atoms with van der Waals surface area (Å²) in [6.07, 6.45) is 8.26. The molecule has 1 saturated heterocycles. The standard InChI is InChI=1S/C21H29N3O2/c1-16(12-17-7-8-20-21(13-17)26-15-25-20)14-24-10-5-3-4-6-19(24)18-9-11-23(2)22-18/h7-9,11,13,16,19H,3-6,10,12,14-15H2,1-2H3/t16-,19+/m0/s1. The Morgan fingerprint density at radius 1 is 1.15 bits per heavy atom. The Bertz CT molecular complexity index is 743. The van der Waals surface area contributed by atoms with Crippen LogP contribution in [0.3, 0.4) is 0 Å². The predicted molar refractivity (Wildman–Crippen MR) is 101 cm³/mol. The number of hydrogen-bond donors (Lipinski definition) is 0. The lowest BCUT2D eigenvalue weighted by Crippen LogP contribution is -2.33. The van der Waals surface area contributed by atoms with Crippen molar-refractivity contribution in [3.05, 3.63) is 41.7 Å². The van der Waals surface area contributed by atoms with Gasteiger partial charge in [0.2, 0.25) is 6.79 Å². The van der Waals surface area contributed by atoms with Crippen molar-refractivity contribution in [3.8, 4) is 11.5 Å². The third-order valence-corrected chi connectivity index (χ3v) is 5.51. The zero-order chi connectivity index (χ0) is 17.9. The molecule has 0 radical (unpaired) electrons. The van der Waals surface area contributed by atoms with Gasteiger partial charge in [0, 0.05) is 19.8 Å². The Morgan fingerprint density at radius 2 is 2.04 bits per heavy atom. The van der Waals surface area contributed by atoms with Gasteiger partial charge in [-0.15, -0.1) is 0 Å². The Kier molecular flexibility index (Phi) is 5.16. The Balaban J connectivity index is 1.43. The number of nitrogens with zero attached hydrogens (tertiary/aromatic N) is 3. The van der Waals surface area contributed by atoms with Crippen molar-refractivity contribution in [2.45, 2.75) is 45.1 Å². The minimum Gasteiger partial charge on any atom is -0.454 e. The summed E-state index contributed by atoms with van der Waals surface area (Å²) in [5.41, 5.74) is 2.55. The van der Waals surface area contributed by atoms with E-state index in [1.54, 1.807) is 0 Å². The third-order valence-electron chi connectivity index (χ3n) is 5.51. The number of aromatic nitrogens is 2. The SMILES string of the molecule is C[C@@H](Cc1ccc2c(c1)OCO2)CN1CCCCC[C@@H]1c1ccn(C)n1. The van der Waals surface area contributed by atoms with Gasteiger partial charge in [0.05, 0.1) is 11.7 Å². The van der Waals surface area contributed by atoms with E-state index in [4.69, 9.17) is 14.6 Å². The molecule has 1 fully saturated rings. The Hall–Kier alpha value is -2.01. The van der Waals surface area contributed by atoms with Gasteiger partial charge in [0.1, 0.15) is 0 Å². The molecule has 2 aliphatic heterocycles. The monoisotopic (exact) mass is 355 g/mol. The Morgan fingerprint density at radius 3 is 2.88 bits per heavy atom. The molecule has 0 unspecified atom stereocenters. The Labute approximate surface area is 155 Å². The highest BCUT2D eigenvalue weighted by atomic mass is 16.7. The van der Waals surface area contributed by atoms with E-state index in [2.05, 4.69) is 36.2 Å². The highest BCUT2D eigenvalue weighted by Gasteiger charge is 2.26.